The van der Waals surface area contributed by atoms with Crippen LogP contribution in [0.3, 0.4) is 0 Å². The molecule has 27 heavy (non-hydrogen) atoms. The van der Waals surface area contributed by atoms with E-state index in [2.05, 4.69) is 18.2 Å². The molecule has 2 aromatic rings. The third-order valence-corrected chi connectivity index (χ3v) is 5.13. The molecule has 1 unspecified atom stereocenters. The van der Waals surface area contributed by atoms with Crippen molar-refractivity contribution in [2.24, 2.45) is 5.73 Å². The minimum atomic E-state index is -0.376. The average Bonchev–Trinajstić information content (AvgIpc) is 2.72. The molecule has 2 atom stereocenters. The van der Waals surface area contributed by atoms with E-state index in [4.69, 9.17) is 11.0 Å². The van der Waals surface area contributed by atoms with Crippen molar-refractivity contribution in [1.29, 1.82) is 10.5 Å². The Morgan fingerprint density at radius 1 is 1.15 bits per heavy atom. The van der Waals surface area contributed by atoms with Crippen LogP contribution in [0.4, 0.5) is 0 Å². The highest BCUT2D eigenvalue weighted by atomic mass is 16.1. The molecule has 0 spiro atoms. The van der Waals surface area contributed by atoms with Gasteiger partial charge < -0.3 is 5.73 Å². The normalized spacial score (nSPS) is 18.2. The van der Waals surface area contributed by atoms with Crippen molar-refractivity contribution in [2.75, 3.05) is 6.54 Å². The van der Waals surface area contributed by atoms with Crippen LogP contribution in [-0.2, 0) is 11.2 Å². The van der Waals surface area contributed by atoms with Crippen LogP contribution in [0.1, 0.15) is 30.4 Å². The quantitative estimate of drug-likeness (QED) is 0.889. The van der Waals surface area contributed by atoms with Crippen LogP contribution in [0.25, 0.3) is 11.1 Å². The van der Waals surface area contributed by atoms with Crippen molar-refractivity contribution in [2.45, 2.75) is 37.8 Å². The number of nitrogens with zero attached hydrogens (tertiary/aromatic N) is 3. The number of rotatable bonds is 5. The lowest BCUT2D eigenvalue weighted by Crippen LogP contribution is -2.52. The Kier molecular flexibility index (Phi) is 5.86. The predicted molar refractivity (Wildman–Crippen MR) is 103 cm³/mol. The zero-order valence-electron chi connectivity index (χ0n) is 15.1. The number of amides is 1. The highest BCUT2D eigenvalue weighted by Gasteiger charge is 2.32. The maximum Gasteiger partial charge on any atom is 0.234 e. The van der Waals surface area contributed by atoms with Gasteiger partial charge in [-0.15, -0.1) is 0 Å². The van der Waals surface area contributed by atoms with E-state index in [9.17, 15) is 10.1 Å². The van der Waals surface area contributed by atoms with Gasteiger partial charge in [0.15, 0.2) is 0 Å². The van der Waals surface area contributed by atoms with Crippen molar-refractivity contribution in [3.8, 4) is 23.3 Å². The molecule has 2 aromatic carbocycles. The number of primary amides is 1. The van der Waals surface area contributed by atoms with E-state index in [1.54, 1.807) is 12.1 Å². The Bertz CT molecular complexity index is 892. The Morgan fingerprint density at radius 3 is 2.59 bits per heavy atom. The fourth-order valence-corrected chi connectivity index (χ4v) is 3.71. The lowest BCUT2D eigenvalue weighted by Gasteiger charge is -2.36. The van der Waals surface area contributed by atoms with Gasteiger partial charge in [0.05, 0.1) is 23.7 Å². The Balaban J connectivity index is 1.80. The summed E-state index contributed by atoms with van der Waals surface area (Å²) in [6.45, 7) is 0.723. The van der Waals surface area contributed by atoms with E-state index in [0.29, 0.717) is 12.0 Å². The summed E-state index contributed by atoms with van der Waals surface area (Å²) >= 11 is 0. The summed E-state index contributed by atoms with van der Waals surface area (Å²) in [4.78, 5) is 13.7. The van der Waals surface area contributed by atoms with Crippen LogP contribution in [-0.4, -0.2) is 29.4 Å². The number of hydrogen-bond donors (Lipinski definition) is 1. The molecule has 0 saturated carbocycles. The molecular weight excluding hydrogens is 336 g/mol. The van der Waals surface area contributed by atoms with Crippen LogP contribution in [0.15, 0.2) is 48.5 Å². The zero-order valence-corrected chi connectivity index (χ0v) is 15.1. The predicted octanol–water partition coefficient (Wildman–Crippen LogP) is 3.00. The molecule has 1 heterocycles. The Morgan fingerprint density at radius 2 is 1.93 bits per heavy atom. The van der Waals surface area contributed by atoms with Gasteiger partial charge >= 0.3 is 0 Å². The van der Waals surface area contributed by atoms with Gasteiger partial charge in [0.2, 0.25) is 5.91 Å². The van der Waals surface area contributed by atoms with E-state index in [1.807, 2.05) is 35.2 Å². The number of carbonyl (C=O) groups is 1. The molecule has 1 aliphatic heterocycles. The van der Waals surface area contributed by atoms with E-state index in [1.165, 1.54) is 0 Å². The number of benzene rings is 2. The molecule has 3 rings (SSSR count). The van der Waals surface area contributed by atoms with E-state index < -0.39 is 0 Å². The van der Waals surface area contributed by atoms with E-state index in [0.717, 1.165) is 42.5 Å². The topological polar surface area (TPSA) is 93.9 Å². The molecule has 0 aromatic heterocycles. The second-order valence-electron chi connectivity index (χ2n) is 6.89. The number of carbonyl (C=O) groups excluding carboxylic acids is 1. The lowest BCUT2D eigenvalue weighted by molar-refractivity contribution is -0.125. The molecule has 0 radical (unpaired) electrons. The maximum atomic E-state index is 11.8. The van der Waals surface area contributed by atoms with Crippen molar-refractivity contribution in [1.82, 2.24) is 4.90 Å². The summed E-state index contributed by atoms with van der Waals surface area (Å²) in [5.74, 6) is -0.346. The van der Waals surface area contributed by atoms with Gasteiger partial charge in [-0.3, -0.25) is 9.69 Å². The van der Waals surface area contributed by atoms with E-state index in [-0.39, 0.29) is 18.0 Å². The van der Waals surface area contributed by atoms with Gasteiger partial charge in [-0.05, 0) is 41.7 Å². The molecule has 5 heteroatoms. The summed E-state index contributed by atoms with van der Waals surface area (Å²) in [7, 11) is 0. The molecule has 136 valence electrons. The van der Waals surface area contributed by atoms with Crippen molar-refractivity contribution < 1.29 is 4.79 Å². The summed E-state index contributed by atoms with van der Waals surface area (Å²) in [6.07, 6.45) is 3.22. The first kappa shape index (κ1) is 18.6. The van der Waals surface area contributed by atoms with Gasteiger partial charge in [0, 0.05) is 13.0 Å². The molecule has 0 bridgehead atoms. The Hall–Kier alpha value is -3.15. The van der Waals surface area contributed by atoms with Gasteiger partial charge in [-0.2, -0.15) is 10.5 Å². The van der Waals surface area contributed by atoms with Gasteiger partial charge in [0.1, 0.15) is 6.04 Å². The zero-order chi connectivity index (χ0) is 19.2. The fourth-order valence-electron chi connectivity index (χ4n) is 3.71. The number of likely N-dealkylation sites (tertiary alicyclic amines) is 1. The SMILES string of the molecule is N#Cc1ccc(-c2cccc(C[C@@H](C#N)N3CCCCC3C(N)=O)c2)cc1. The molecule has 1 fully saturated rings. The highest BCUT2D eigenvalue weighted by Crippen LogP contribution is 2.24. The first-order valence-corrected chi connectivity index (χ1v) is 9.16. The smallest absolute Gasteiger partial charge is 0.234 e. The van der Waals surface area contributed by atoms with Gasteiger partial charge in [-0.25, -0.2) is 0 Å². The van der Waals surface area contributed by atoms with Crippen LogP contribution in [0, 0.1) is 22.7 Å². The summed E-state index contributed by atoms with van der Waals surface area (Å²) in [5, 5.41) is 18.6. The minimum absolute atomic E-state index is 0.346. The molecule has 2 N–H and O–H groups in total. The van der Waals surface area contributed by atoms with E-state index >= 15 is 0 Å². The Labute approximate surface area is 159 Å². The standard InChI is InChI=1S/C22H22N4O/c23-14-16-7-9-18(10-8-16)19-5-3-4-17(12-19)13-20(15-24)26-11-2-1-6-21(26)22(25)27/h3-5,7-10,12,20-21H,1-2,6,11,13H2,(H2,25,27)/t20-,21?/m0/s1. The lowest BCUT2D eigenvalue weighted by atomic mass is 9.95. The molecule has 5 nitrogen and oxygen atoms in total. The highest BCUT2D eigenvalue weighted by molar-refractivity contribution is 5.80. The fraction of sp³-hybridized carbons (Fsp3) is 0.318. The third-order valence-electron chi connectivity index (χ3n) is 5.13. The first-order valence-electron chi connectivity index (χ1n) is 9.16. The van der Waals surface area contributed by atoms with Crippen LogP contribution in [0.5, 0.6) is 0 Å². The summed E-state index contributed by atoms with van der Waals surface area (Å²) < 4.78 is 0. The van der Waals surface area contributed by atoms with Gasteiger partial charge in [-0.1, -0.05) is 42.8 Å². The van der Waals surface area contributed by atoms with Crippen LogP contribution in [0.2, 0.25) is 0 Å². The first-order chi connectivity index (χ1) is 13.1. The average molecular weight is 358 g/mol. The second-order valence-corrected chi connectivity index (χ2v) is 6.89. The molecule has 1 saturated heterocycles. The summed E-state index contributed by atoms with van der Waals surface area (Å²) in [5.41, 5.74) is 9.29. The van der Waals surface area contributed by atoms with Gasteiger partial charge in [0.25, 0.3) is 0 Å². The number of nitriles is 2. The van der Waals surface area contributed by atoms with Crippen LogP contribution < -0.4 is 5.73 Å². The monoisotopic (exact) mass is 358 g/mol. The van der Waals surface area contributed by atoms with Crippen molar-refractivity contribution >= 4 is 5.91 Å². The number of hydrogen-bond acceptors (Lipinski definition) is 4. The van der Waals surface area contributed by atoms with Crippen molar-refractivity contribution in [3.05, 3.63) is 59.7 Å². The molecule has 0 aliphatic carbocycles. The minimum Gasteiger partial charge on any atom is -0.368 e. The maximum absolute atomic E-state index is 11.8. The molecule has 1 aliphatic rings. The molecule has 1 amide bonds. The second kappa shape index (κ2) is 8.49. The van der Waals surface area contributed by atoms with Crippen LogP contribution >= 0.6 is 0 Å². The summed E-state index contributed by atoms with van der Waals surface area (Å²) in [6, 6.07) is 19.2. The van der Waals surface area contributed by atoms with Crippen molar-refractivity contribution in [3.63, 3.8) is 0 Å². The number of piperidine rings is 1. The third kappa shape index (κ3) is 4.34. The largest absolute Gasteiger partial charge is 0.368 e. The molecular formula is C22H22N4O. The number of nitrogens with two attached hydrogens (primary N) is 1.